The Kier molecular flexibility index (Phi) is 11.4. The summed E-state index contributed by atoms with van der Waals surface area (Å²) in [4.78, 5) is 27.2. The van der Waals surface area contributed by atoms with Crippen LogP contribution in [0.1, 0.15) is 50.0 Å². The first-order valence-corrected chi connectivity index (χ1v) is 10.2. The van der Waals surface area contributed by atoms with Gasteiger partial charge in [0.25, 0.3) is 5.91 Å². The monoisotopic (exact) mass is 405 g/mol. The van der Waals surface area contributed by atoms with E-state index in [9.17, 15) is 9.59 Å². The molecule has 0 aromatic heterocycles. The average Bonchev–Trinajstić information content (AvgIpc) is 2.69. The number of hydrogen-bond acceptors (Lipinski definition) is 4. The first-order valence-electron chi connectivity index (χ1n) is 10.2. The standard InChI is InChI=1S/C21H35N5O3/c1-5-23-21(24-12-11-18(15(3)4)29-6-2)26-13-16-7-9-17(10-8-16)20(28)25-14-19(22)27/h7-10,15,18H,5-6,11-14H2,1-4H3,(H2,22,27)(H,25,28)(H2,23,24,26). The summed E-state index contributed by atoms with van der Waals surface area (Å²) in [6, 6.07) is 7.10. The van der Waals surface area contributed by atoms with Crippen LogP contribution < -0.4 is 21.7 Å². The zero-order valence-corrected chi connectivity index (χ0v) is 18.0. The molecule has 1 aromatic carbocycles. The van der Waals surface area contributed by atoms with E-state index in [1.165, 1.54) is 0 Å². The first kappa shape index (κ1) is 24.4. The van der Waals surface area contributed by atoms with Crippen LogP contribution in [0.15, 0.2) is 29.3 Å². The van der Waals surface area contributed by atoms with Crippen LogP contribution in [0.4, 0.5) is 0 Å². The molecule has 1 rings (SSSR count). The summed E-state index contributed by atoms with van der Waals surface area (Å²) in [5.41, 5.74) is 6.48. The van der Waals surface area contributed by atoms with Gasteiger partial charge in [-0.3, -0.25) is 9.59 Å². The van der Waals surface area contributed by atoms with Crippen molar-refractivity contribution in [1.82, 2.24) is 16.0 Å². The molecule has 0 bridgehead atoms. The Labute approximate surface area is 173 Å². The molecule has 0 aliphatic heterocycles. The SMILES string of the molecule is CCNC(=NCc1ccc(C(=O)NCC(N)=O)cc1)NCCC(OCC)C(C)C. The number of benzene rings is 1. The van der Waals surface area contributed by atoms with E-state index in [0.29, 0.717) is 24.6 Å². The van der Waals surface area contributed by atoms with Crippen molar-refractivity contribution >= 4 is 17.8 Å². The number of rotatable bonds is 12. The van der Waals surface area contributed by atoms with E-state index in [4.69, 9.17) is 10.5 Å². The van der Waals surface area contributed by atoms with Gasteiger partial charge in [0.05, 0.1) is 19.2 Å². The summed E-state index contributed by atoms with van der Waals surface area (Å²) in [6.45, 7) is 10.9. The molecular weight excluding hydrogens is 370 g/mol. The van der Waals surface area contributed by atoms with E-state index in [0.717, 1.165) is 31.0 Å². The van der Waals surface area contributed by atoms with E-state index in [1.807, 2.05) is 26.0 Å². The second-order valence-corrected chi connectivity index (χ2v) is 6.99. The van der Waals surface area contributed by atoms with Gasteiger partial charge in [0, 0.05) is 25.3 Å². The number of nitrogens with one attached hydrogen (secondary N) is 3. The van der Waals surface area contributed by atoms with E-state index >= 15 is 0 Å². The number of carbonyl (C=O) groups excluding carboxylic acids is 2. The van der Waals surface area contributed by atoms with Crippen LogP contribution in [0, 0.1) is 5.92 Å². The van der Waals surface area contributed by atoms with Gasteiger partial charge in [-0.2, -0.15) is 0 Å². The molecule has 2 amide bonds. The lowest BCUT2D eigenvalue weighted by molar-refractivity contribution is -0.117. The molecule has 8 nitrogen and oxygen atoms in total. The van der Waals surface area contributed by atoms with Gasteiger partial charge in [0.15, 0.2) is 5.96 Å². The maximum atomic E-state index is 11.9. The number of nitrogens with two attached hydrogens (primary N) is 1. The molecular formula is C21H35N5O3. The van der Waals surface area contributed by atoms with Crippen molar-refractivity contribution in [2.45, 2.75) is 46.8 Å². The summed E-state index contributed by atoms with van der Waals surface area (Å²) >= 11 is 0. The van der Waals surface area contributed by atoms with Gasteiger partial charge in [-0.05, 0) is 43.9 Å². The van der Waals surface area contributed by atoms with E-state index < -0.39 is 5.91 Å². The van der Waals surface area contributed by atoms with E-state index in [1.54, 1.807) is 12.1 Å². The third-order valence-electron chi connectivity index (χ3n) is 4.25. The van der Waals surface area contributed by atoms with Crippen molar-refractivity contribution in [3.05, 3.63) is 35.4 Å². The number of amides is 2. The Hall–Kier alpha value is -2.61. The van der Waals surface area contributed by atoms with Gasteiger partial charge in [-0.15, -0.1) is 0 Å². The summed E-state index contributed by atoms with van der Waals surface area (Å²) in [7, 11) is 0. The van der Waals surface area contributed by atoms with Crippen LogP contribution in [-0.2, 0) is 16.1 Å². The highest BCUT2D eigenvalue weighted by molar-refractivity contribution is 5.96. The van der Waals surface area contributed by atoms with Crippen molar-refractivity contribution in [1.29, 1.82) is 0 Å². The topological polar surface area (TPSA) is 118 Å². The molecule has 0 saturated carbocycles. The third-order valence-corrected chi connectivity index (χ3v) is 4.25. The lowest BCUT2D eigenvalue weighted by atomic mass is 10.0. The van der Waals surface area contributed by atoms with Crippen molar-refractivity contribution in [3.8, 4) is 0 Å². The predicted molar refractivity (Wildman–Crippen MR) is 116 cm³/mol. The number of hydrogen-bond donors (Lipinski definition) is 4. The lowest BCUT2D eigenvalue weighted by Gasteiger charge is -2.21. The highest BCUT2D eigenvalue weighted by atomic mass is 16.5. The Bertz CT molecular complexity index is 659. The fraction of sp³-hybridized carbons (Fsp3) is 0.571. The lowest BCUT2D eigenvalue weighted by Crippen LogP contribution is -2.39. The average molecular weight is 406 g/mol. The molecule has 0 aliphatic rings. The fourth-order valence-electron chi connectivity index (χ4n) is 2.70. The van der Waals surface area contributed by atoms with Crippen LogP contribution >= 0.6 is 0 Å². The van der Waals surface area contributed by atoms with Gasteiger partial charge >= 0.3 is 0 Å². The van der Waals surface area contributed by atoms with Crippen molar-refractivity contribution < 1.29 is 14.3 Å². The molecule has 0 spiro atoms. The third kappa shape index (κ3) is 9.94. The molecule has 162 valence electrons. The summed E-state index contributed by atoms with van der Waals surface area (Å²) in [5.74, 6) is 0.307. The van der Waals surface area contributed by atoms with Gasteiger partial charge in [0.1, 0.15) is 0 Å². The molecule has 0 fully saturated rings. The molecule has 1 aromatic rings. The molecule has 0 radical (unpaired) electrons. The number of primary amides is 1. The minimum absolute atomic E-state index is 0.177. The van der Waals surface area contributed by atoms with Crippen LogP contribution in [0.2, 0.25) is 0 Å². The predicted octanol–water partition coefficient (Wildman–Crippen LogP) is 1.41. The zero-order chi connectivity index (χ0) is 21.6. The molecule has 0 saturated heterocycles. The largest absolute Gasteiger partial charge is 0.378 e. The van der Waals surface area contributed by atoms with Gasteiger partial charge in [-0.1, -0.05) is 26.0 Å². The number of aliphatic imine (C=N–C) groups is 1. The fourth-order valence-corrected chi connectivity index (χ4v) is 2.70. The Morgan fingerprint density at radius 2 is 1.79 bits per heavy atom. The Morgan fingerprint density at radius 1 is 1.10 bits per heavy atom. The molecule has 29 heavy (non-hydrogen) atoms. The van der Waals surface area contributed by atoms with Crippen LogP contribution in [0.5, 0.6) is 0 Å². The Morgan fingerprint density at radius 3 is 2.34 bits per heavy atom. The molecule has 1 atom stereocenters. The van der Waals surface area contributed by atoms with Crippen LogP contribution in [0.3, 0.4) is 0 Å². The highest BCUT2D eigenvalue weighted by Gasteiger charge is 2.13. The minimum atomic E-state index is -0.575. The Balaban J connectivity index is 2.59. The first-order chi connectivity index (χ1) is 13.9. The van der Waals surface area contributed by atoms with Crippen molar-refractivity contribution in [3.63, 3.8) is 0 Å². The zero-order valence-electron chi connectivity index (χ0n) is 18.0. The number of guanidine groups is 1. The van der Waals surface area contributed by atoms with Crippen molar-refractivity contribution in [2.24, 2.45) is 16.6 Å². The summed E-state index contributed by atoms with van der Waals surface area (Å²) in [5, 5.41) is 9.04. The number of carbonyl (C=O) groups is 2. The molecule has 0 heterocycles. The van der Waals surface area contributed by atoms with Gasteiger partial charge in [-0.25, -0.2) is 4.99 Å². The van der Waals surface area contributed by atoms with Crippen molar-refractivity contribution in [2.75, 3.05) is 26.2 Å². The maximum Gasteiger partial charge on any atom is 0.251 e. The number of ether oxygens (including phenoxy) is 1. The smallest absolute Gasteiger partial charge is 0.251 e. The van der Waals surface area contributed by atoms with E-state index in [2.05, 4.69) is 34.8 Å². The summed E-state index contributed by atoms with van der Waals surface area (Å²) in [6.07, 6.45) is 1.13. The van der Waals surface area contributed by atoms with E-state index in [-0.39, 0.29) is 18.6 Å². The highest BCUT2D eigenvalue weighted by Crippen LogP contribution is 2.10. The van der Waals surface area contributed by atoms with Crippen LogP contribution in [0.25, 0.3) is 0 Å². The normalized spacial score (nSPS) is 12.5. The maximum absolute atomic E-state index is 11.9. The van der Waals surface area contributed by atoms with Gasteiger partial charge in [0.2, 0.25) is 5.91 Å². The quantitative estimate of drug-likeness (QED) is 0.310. The number of nitrogens with zero attached hydrogens (tertiary/aromatic N) is 1. The summed E-state index contributed by atoms with van der Waals surface area (Å²) < 4.78 is 5.78. The molecule has 8 heteroatoms. The van der Waals surface area contributed by atoms with Crippen LogP contribution in [-0.4, -0.2) is 50.1 Å². The molecule has 5 N–H and O–H groups in total. The second kappa shape index (κ2) is 13.5. The van der Waals surface area contributed by atoms with Gasteiger partial charge < -0.3 is 26.4 Å². The molecule has 1 unspecified atom stereocenters. The minimum Gasteiger partial charge on any atom is -0.378 e. The second-order valence-electron chi connectivity index (χ2n) is 6.99. The molecule has 0 aliphatic carbocycles.